The highest BCUT2D eigenvalue weighted by molar-refractivity contribution is 5.56. The Hall–Kier alpha value is -1.12. The van der Waals surface area contributed by atoms with Gasteiger partial charge in [0.15, 0.2) is 5.67 Å². The van der Waals surface area contributed by atoms with Gasteiger partial charge in [-0.05, 0) is 25.8 Å². The number of halogens is 2. The summed E-state index contributed by atoms with van der Waals surface area (Å²) in [7, 11) is 0. The SMILES string of the molecule is CCCCN(CCC)c1ccccc1C(C)(F)CF. The Morgan fingerprint density at radius 1 is 1.11 bits per heavy atom. The number of hydrogen-bond acceptors (Lipinski definition) is 1. The number of anilines is 1. The van der Waals surface area contributed by atoms with Crippen LogP contribution in [0.4, 0.5) is 14.5 Å². The van der Waals surface area contributed by atoms with Crippen molar-refractivity contribution in [2.75, 3.05) is 24.7 Å². The van der Waals surface area contributed by atoms with Gasteiger partial charge in [-0.1, -0.05) is 38.5 Å². The van der Waals surface area contributed by atoms with E-state index in [1.165, 1.54) is 6.92 Å². The summed E-state index contributed by atoms with van der Waals surface area (Å²) in [6.45, 7) is 6.33. The van der Waals surface area contributed by atoms with Crippen molar-refractivity contribution in [1.82, 2.24) is 0 Å². The predicted octanol–water partition coefficient (Wildman–Crippen LogP) is 4.86. The molecule has 0 radical (unpaired) electrons. The molecule has 1 aromatic carbocycles. The van der Waals surface area contributed by atoms with Gasteiger partial charge in [0.25, 0.3) is 0 Å². The topological polar surface area (TPSA) is 3.24 Å². The van der Waals surface area contributed by atoms with Crippen molar-refractivity contribution in [1.29, 1.82) is 0 Å². The van der Waals surface area contributed by atoms with Crippen LogP contribution < -0.4 is 4.90 Å². The lowest BCUT2D eigenvalue weighted by atomic mass is 9.96. The molecular formula is C16H25F2N. The molecule has 0 aliphatic rings. The first-order chi connectivity index (χ1) is 9.06. The average Bonchev–Trinajstić information content (AvgIpc) is 2.43. The first-order valence-corrected chi connectivity index (χ1v) is 7.16. The van der Waals surface area contributed by atoms with Crippen molar-refractivity contribution in [2.45, 2.75) is 45.7 Å². The summed E-state index contributed by atoms with van der Waals surface area (Å²) >= 11 is 0. The highest BCUT2D eigenvalue weighted by Crippen LogP contribution is 2.34. The summed E-state index contributed by atoms with van der Waals surface area (Å²) in [5, 5.41) is 0. The van der Waals surface area contributed by atoms with E-state index in [0.717, 1.165) is 38.0 Å². The van der Waals surface area contributed by atoms with Gasteiger partial charge in [0, 0.05) is 24.3 Å². The second-order valence-corrected chi connectivity index (χ2v) is 5.19. The lowest BCUT2D eigenvalue weighted by molar-refractivity contribution is 0.143. The second kappa shape index (κ2) is 7.46. The summed E-state index contributed by atoms with van der Waals surface area (Å²) in [5.74, 6) is 0. The van der Waals surface area contributed by atoms with Gasteiger partial charge in [0.1, 0.15) is 6.67 Å². The molecule has 0 fully saturated rings. The molecule has 108 valence electrons. The molecular weight excluding hydrogens is 244 g/mol. The molecule has 0 saturated heterocycles. The third-order valence-electron chi connectivity index (χ3n) is 3.33. The van der Waals surface area contributed by atoms with Crippen LogP contribution in [-0.2, 0) is 5.67 Å². The van der Waals surface area contributed by atoms with Crippen LogP contribution in [0, 0.1) is 0 Å². The Bertz CT molecular complexity index is 377. The number of para-hydroxylation sites is 1. The van der Waals surface area contributed by atoms with E-state index in [-0.39, 0.29) is 0 Å². The standard InChI is InChI=1S/C16H25F2N/c1-4-6-12-19(11-5-2)15-10-8-7-9-14(15)16(3,18)13-17/h7-10H,4-6,11-13H2,1-3H3. The largest absolute Gasteiger partial charge is 0.371 e. The molecule has 0 aliphatic carbocycles. The summed E-state index contributed by atoms with van der Waals surface area (Å²) < 4.78 is 27.3. The van der Waals surface area contributed by atoms with Crippen LogP contribution in [0.1, 0.15) is 45.6 Å². The summed E-state index contributed by atoms with van der Waals surface area (Å²) in [5.41, 5.74) is -0.614. The van der Waals surface area contributed by atoms with Crippen LogP contribution in [0.25, 0.3) is 0 Å². The van der Waals surface area contributed by atoms with E-state index in [1.807, 2.05) is 12.1 Å². The molecule has 0 aliphatic heterocycles. The fourth-order valence-electron chi connectivity index (χ4n) is 2.23. The summed E-state index contributed by atoms with van der Waals surface area (Å²) in [6, 6.07) is 7.26. The maximum atomic E-state index is 14.3. The maximum Gasteiger partial charge on any atom is 0.163 e. The first-order valence-electron chi connectivity index (χ1n) is 7.16. The fourth-order valence-corrected chi connectivity index (χ4v) is 2.23. The van der Waals surface area contributed by atoms with Gasteiger partial charge in [-0.3, -0.25) is 0 Å². The molecule has 0 heterocycles. The van der Waals surface area contributed by atoms with Gasteiger partial charge in [0.2, 0.25) is 0 Å². The van der Waals surface area contributed by atoms with Crippen LogP contribution in [0.15, 0.2) is 24.3 Å². The maximum absolute atomic E-state index is 14.3. The van der Waals surface area contributed by atoms with E-state index in [9.17, 15) is 8.78 Å². The molecule has 3 heteroatoms. The monoisotopic (exact) mass is 269 g/mol. The number of nitrogens with zero attached hydrogens (tertiary/aromatic N) is 1. The van der Waals surface area contributed by atoms with Gasteiger partial charge < -0.3 is 4.90 Å². The van der Waals surface area contributed by atoms with Gasteiger partial charge in [-0.25, -0.2) is 8.78 Å². The molecule has 1 nitrogen and oxygen atoms in total. The molecule has 1 rings (SSSR count). The molecule has 1 unspecified atom stereocenters. The minimum absolute atomic E-state index is 0.460. The molecule has 0 spiro atoms. The minimum Gasteiger partial charge on any atom is -0.371 e. The Kier molecular flexibility index (Phi) is 6.26. The van der Waals surface area contributed by atoms with Crippen molar-refractivity contribution in [3.05, 3.63) is 29.8 Å². The average molecular weight is 269 g/mol. The number of benzene rings is 1. The Labute approximate surface area is 115 Å². The van der Waals surface area contributed by atoms with E-state index in [1.54, 1.807) is 12.1 Å². The molecule has 0 N–H and O–H groups in total. The zero-order valence-corrected chi connectivity index (χ0v) is 12.3. The fraction of sp³-hybridized carbons (Fsp3) is 0.625. The van der Waals surface area contributed by atoms with Gasteiger partial charge in [0.05, 0.1) is 0 Å². The zero-order valence-electron chi connectivity index (χ0n) is 12.3. The van der Waals surface area contributed by atoms with Crippen LogP contribution in [0.5, 0.6) is 0 Å². The number of rotatable bonds is 8. The lowest BCUT2D eigenvalue weighted by Crippen LogP contribution is -2.29. The van der Waals surface area contributed by atoms with Crippen LogP contribution in [-0.4, -0.2) is 19.8 Å². The third-order valence-corrected chi connectivity index (χ3v) is 3.33. The van der Waals surface area contributed by atoms with Gasteiger partial charge in [-0.2, -0.15) is 0 Å². The molecule has 1 aromatic rings. The van der Waals surface area contributed by atoms with Crippen molar-refractivity contribution in [3.8, 4) is 0 Å². The van der Waals surface area contributed by atoms with Gasteiger partial charge >= 0.3 is 0 Å². The molecule has 0 saturated carbocycles. The van der Waals surface area contributed by atoms with E-state index >= 15 is 0 Å². The van der Waals surface area contributed by atoms with Crippen molar-refractivity contribution in [3.63, 3.8) is 0 Å². The summed E-state index contributed by atoms with van der Waals surface area (Å²) in [4.78, 5) is 2.17. The Morgan fingerprint density at radius 3 is 2.37 bits per heavy atom. The Morgan fingerprint density at radius 2 is 1.79 bits per heavy atom. The van der Waals surface area contributed by atoms with E-state index in [4.69, 9.17) is 0 Å². The van der Waals surface area contributed by atoms with E-state index in [0.29, 0.717) is 5.56 Å². The van der Waals surface area contributed by atoms with Crippen LogP contribution in [0.2, 0.25) is 0 Å². The minimum atomic E-state index is -1.91. The molecule has 19 heavy (non-hydrogen) atoms. The molecule has 0 bridgehead atoms. The van der Waals surface area contributed by atoms with Crippen molar-refractivity contribution >= 4 is 5.69 Å². The normalized spacial score (nSPS) is 14.2. The van der Waals surface area contributed by atoms with Crippen LogP contribution in [0.3, 0.4) is 0 Å². The number of alkyl halides is 2. The number of hydrogen-bond donors (Lipinski definition) is 0. The van der Waals surface area contributed by atoms with E-state index in [2.05, 4.69) is 18.7 Å². The van der Waals surface area contributed by atoms with Crippen LogP contribution >= 0.6 is 0 Å². The lowest BCUT2D eigenvalue weighted by Gasteiger charge is -2.30. The third kappa shape index (κ3) is 4.19. The highest BCUT2D eigenvalue weighted by Gasteiger charge is 2.29. The second-order valence-electron chi connectivity index (χ2n) is 5.19. The quantitative estimate of drug-likeness (QED) is 0.651. The number of unbranched alkanes of at least 4 members (excludes halogenated alkanes) is 1. The zero-order chi connectivity index (χ0) is 14.3. The predicted molar refractivity (Wildman–Crippen MR) is 78.3 cm³/mol. The highest BCUT2D eigenvalue weighted by atomic mass is 19.2. The summed E-state index contributed by atoms with van der Waals surface area (Å²) in [6.07, 6.45) is 3.15. The van der Waals surface area contributed by atoms with Crippen molar-refractivity contribution < 1.29 is 8.78 Å². The Balaban J connectivity index is 3.08. The van der Waals surface area contributed by atoms with E-state index < -0.39 is 12.3 Å². The molecule has 0 aromatic heterocycles. The smallest absolute Gasteiger partial charge is 0.163 e. The van der Waals surface area contributed by atoms with Gasteiger partial charge in [-0.15, -0.1) is 0 Å². The first kappa shape index (κ1) is 15.9. The molecule has 1 atom stereocenters. The van der Waals surface area contributed by atoms with Crippen molar-refractivity contribution in [2.24, 2.45) is 0 Å². The molecule has 0 amide bonds.